The number of carbonyl (C=O) groups excluding carboxylic acids is 1. The number of halogens is 3. The number of nitrogens with zero attached hydrogens (tertiary/aromatic N) is 2. The lowest BCUT2D eigenvalue weighted by Crippen LogP contribution is -2.14. The van der Waals surface area contributed by atoms with Gasteiger partial charge in [-0.1, -0.05) is 12.1 Å². The number of nitrogens with one attached hydrogen (secondary N) is 3. The number of carbonyl (C=O) groups is 1. The number of anilines is 3. The van der Waals surface area contributed by atoms with Crippen LogP contribution >= 0.6 is 0 Å². The highest BCUT2D eigenvalue weighted by Crippen LogP contribution is 2.29. The van der Waals surface area contributed by atoms with Crippen LogP contribution in [-0.2, 0) is 17.4 Å². The zero-order valence-electron chi connectivity index (χ0n) is 15.5. The third-order valence-electron chi connectivity index (χ3n) is 4.43. The minimum atomic E-state index is -4.39. The van der Waals surface area contributed by atoms with E-state index < -0.39 is 11.7 Å². The number of amides is 1. The lowest BCUT2D eigenvalue weighted by Gasteiger charge is -2.10. The van der Waals surface area contributed by atoms with E-state index in [0.717, 1.165) is 28.9 Å². The minimum Gasteiger partial charge on any atom is -0.346 e. The van der Waals surface area contributed by atoms with Crippen molar-refractivity contribution in [2.24, 2.45) is 0 Å². The van der Waals surface area contributed by atoms with Crippen LogP contribution in [-0.4, -0.2) is 20.9 Å². The van der Waals surface area contributed by atoms with Crippen LogP contribution in [0.5, 0.6) is 0 Å². The molecule has 30 heavy (non-hydrogen) atoms. The second-order valence-electron chi connectivity index (χ2n) is 6.58. The van der Waals surface area contributed by atoms with E-state index in [1.54, 1.807) is 30.5 Å². The third-order valence-corrected chi connectivity index (χ3v) is 4.43. The van der Waals surface area contributed by atoms with E-state index in [1.807, 2.05) is 6.07 Å². The maximum Gasteiger partial charge on any atom is 0.416 e. The van der Waals surface area contributed by atoms with Gasteiger partial charge in [0.05, 0.1) is 17.4 Å². The molecule has 9 heteroatoms. The maximum absolute atomic E-state index is 12.6. The van der Waals surface area contributed by atoms with Crippen molar-refractivity contribution in [1.29, 1.82) is 0 Å². The van der Waals surface area contributed by atoms with Gasteiger partial charge in [-0.05, 0) is 48.0 Å². The van der Waals surface area contributed by atoms with Gasteiger partial charge in [0.2, 0.25) is 5.91 Å². The number of aromatic nitrogens is 3. The Morgan fingerprint density at radius 2 is 1.63 bits per heavy atom. The molecule has 3 N–H and O–H groups in total. The van der Waals surface area contributed by atoms with Crippen molar-refractivity contribution in [1.82, 2.24) is 15.0 Å². The number of alkyl halides is 3. The monoisotopic (exact) mass is 411 g/mol. The Balaban J connectivity index is 1.37. The molecule has 0 atom stereocenters. The summed E-state index contributed by atoms with van der Waals surface area (Å²) in [7, 11) is 0. The fourth-order valence-corrected chi connectivity index (χ4v) is 2.95. The summed E-state index contributed by atoms with van der Waals surface area (Å²) in [5, 5.41) is 6.78. The molecule has 0 unspecified atom stereocenters. The molecule has 0 aliphatic carbocycles. The molecule has 0 bridgehead atoms. The maximum atomic E-state index is 12.6. The van der Waals surface area contributed by atoms with Crippen LogP contribution in [0.15, 0.2) is 67.1 Å². The van der Waals surface area contributed by atoms with Gasteiger partial charge in [-0.25, -0.2) is 9.97 Å². The molecule has 1 amide bonds. The number of H-pyrrole nitrogens is 1. The van der Waals surface area contributed by atoms with Crippen LogP contribution in [0.4, 0.5) is 30.4 Å². The molecule has 0 saturated carbocycles. The molecule has 6 nitrogen and oxygen atoms in total. The first-order valence-electron chi connectivity index (χ1n) is 9.00. The first kappa shape index (κ1) is 19.4. The first-order chi connectivity index (χ1) is 14.4. The third kappa shape index (κ3) is 4.40. The van der Waals surface area contributed by atoms with Crippen molar-refractivity contribution in [2.75, 3.05) is 10.6 Å². The number of aromatic amines is 1. The molecule has 0 radical (unpaired) electrons. The lowest BCUT2D eigenvalue weighted by molar-refractivity contribution is -0.137. The van der Waals surface area contributed by atoms with Crippen LogP contribution < -0.4 is 10.6 Å². The van der Waals surface area contributed by atoms with Gasteiger partial charge >= 0.3 is 6.18 Å². The summed E-state index contributed by atoms with van der Waals surface area (Å²) in [4.78, 5) is 23.6. The second kappa shape index (κ2) is 7.86. The predicted molar refractivity (Wildman–Crippen MR) is 107 cm³/mol. The standard InChI is InChI=1S/C21H16F3N5O/c22-21(23,24)14-3-1-13(2-4-14)11-18(30)28-15-5-7-16(8-6-15)29-20-17-9-10-25-19(17)26-12-27-20/h1-10,12H,11H2,(H,28,30)(H2,25,26,27,29). The van der Waals surface area contributed by atoms with Crippen molar-refractivity contribution >= 4 is 34.1 Å². The Bertz CT molecular complexity index is 1170. The van der Waals surface area contributed by atoms with Crippen LogP contribution in [0.25, 0.3) is 11.0 Å². The van der Waals surface area contributed by atoms with Crippen molar-refractivity contribution in [3.8, 4) is 0 Å². The Labute approximate surface area is 169 Å². The van der Waals surface area contributed by atoms with E-state index in [-0.39, 0.29) is 12.3 Å². The molecule has 152 valence electrons. The van der Waals surface area contributed by atoms with Crippen molar-refractivity contribution in [2.45, 2.75) is 12.6 Å². The van der Waals surface area contributed by atoms with Gasteiger partial charge in [-0.2, -0.15) is 13.2 Å². The van der Waals surface area contributed by atoms with E-state index in [0.29, 0.717) is 17.1 Å². The molecule has 0 fully saturated rings. The Morgan fingerprint density at radius 3 is 2.33 bits per heavy atom. The predicted octanol–water partition coefficient (Wildman–Crippen LogP) is 4.90. The average molecular weight is 411 g/mol. The molecule has 0 saturated heterocycles. The highest BCUT2D eigenvalue weighted by atomic mass is 19.4. The molecule has 0 aliphatic rings. The molecule has 4 rings (SSSR count). The van der Waals surface area contributed by atoms with E-state index in [1.165, 1.54) is 18.5 Å². The van der Waals surface area contributed by atoms with E-state index in [4.69, 9.17) is 0 Å². The fraction of sp³-hybridized carbons (Fsp3) is 0.0952. The van der Waals surface area contributed by atoms with Gasteiger partial charge in [0.25, 0.3) is 0 Å². The number of fused-ring (bicyclic) bond motifs is 1. The number of hydrogen-bond acceptors (Lipinski definition) is 4. The van der Waals surface area contributed by atoms with Gasteiger partial charge < -0.3 is 15.6 Å². The molecule has 0 aliphatic heterocycles. The number of benzene rings is 2. The molecular formula is C21H16F3N5O. The molecule has 4 aromatic rings. The van der Waals surface area contributed by atoms with Gasteiger partial charge in [-0.3, -0.25) is 4.79 Å². The van der Waals surface area contributed by atoms with Gasteiger partial charge in [0, 0.05) is 17.6 Å². The minimum absolute atomic E-state index is 0.0233. The van der Waals surface area contributed by atoms with Crippen molar-refractivity contribution < 1.29 is 18.0 Å². The molecule has 0 spiro atoms. The molecule has 2 aromatic heterocycles. The van der Waals surface area contributed by atoms with Gasteiger partial charge in [0.15, 0.2) is 0 Å². The summed E-state index contributed by atoms with van der Waals surface area (Å²) in [6.07, 6.45) is -1.18. The normalized spacial score (nSPS) is 11.4. The van der Waals surface area contributed by atoms with Crippen LogP contribution in [0.1, 0.15) is 11.1 Å². The topological polar surface area (TPSA) is 82.7 Å². The Hall–Kier alpha value is -3.88. The zero-order valence-corrected chi connectivity index (χ0v) is 15.5. The molecular weight excluding hydrogens is 395 g/mol. The summed E-state index contributed by atoms with van der Waals surface area (Å²) in [6.45, 7) is 0. The second-order valence-corrected chi connectivity index (χ2v) is 6.58. The van der Waals surface area contributed by atoms with Crippen LogP contribution in [0.2, 0.25) is 0 Å². The zero-order chi connectivity index (χ0) is 21.1. The lowest BCUT2D eigenvalue weighted by atomic mass is 10.1. The number of hydrogen-bond donors (Lipinski definition) is 3. The summed E-state index contributed by atoms with van der Waals surface area (Å²) in [5.74, 6) is 0.334. The van der Waals surface area contributed by atoms with Crippen molar-refractivity contribution in [3.05, 3.63) is 78.2 Å². The largest absolute Gasteiger partial charge is 0.416 e. The van der Waals surface area contributed by atoms with E-state index in [9.17, 15) is 18.0 Å². The van der Waals surface area contributed by atoms with E-state index in [2.05, 4.69) is 25.6 Å². The smallest absolute Gasteiger partial charge is 0.346 e. The quantitative estimate of drug-likeness (QED) is 0.436. The van der Waals surface area contributed by atoms with Crippen molar-refractivity contribution in [3.63, 3.8) is 0 Å². The number of rotatable bonds is 5. The highest BCUT2D eigenvalue weighted by molar-refractivity contribution is 5.93. The Kier molecular flexibility index (Phi) is 5.09. The van der Waals surface area contributed by atoms with Gasteiger partial charge in [-0.15, -0.1) is 0 Å². The van der Waals surface area contributed by atoms with Gasteiger partial charge in [0.1, 0.15) is 17.8 Å². The highest BCUT2D eigenvalue weighted by Gasteiger charge is 2.29. The van der Waals surface area contributed by atoms with Crippen LogP contribution in [0, 0.1) is 0 Å². The molecule has 2 heterocycles. The summed E-state index contributed by atoms with van der Waals surface area (Å²) in [5.41, 5.74) is 1.83. The molecule has 2 aromatic carbocycles. The summed E-state index contributed by atoms with van der Waals surface area (Å²) < 4.78 is 37.8. The summed E-state index contributed by atoms with van der Waals surface area (Å²) >= 11 is 0. The first-order valence-corrected chi connectivity index (χ1v) is 9.00. The summed E-state index contributed by atoms with van der Waals surface area (Å²) in [6, 6.07) is 13.4. The fourth-order valence-electron chi connectivity index (χ4n) is 2.95. The van der Waals surface area contributed by atoms with E-state index >= 15 is 0 Å². The average Bonchev–Trinajstić information content (AvgIpc) is 3.19. The van der Waals surface area contributed by atoms with Crippen LogP contribution in [0.3, 0.4) is 0 Å². The Morgan fingerprint density at radius 1 is 0.933 bits per heavy atom. The SMILES string of the molecule is O=C(Cc1ccc(C(F)(F)F)cc1)Nc1ccc(Nc2ncnc3[nH]ccc23)cc1.